The fourth-order valence-corrected chi connectivity index (χ4v) is 11.5. The van der Waals surface area contributed by atoms with Gasteiger partial charge in [-0.05, 0) is 110 Å². The van der Waals surface area contributed by atoms with E-state index in [0.29, 0.717) is 11.3 Å². The van der Waals surface area contributed by atoms with Crippen LogP contribution in [-0.2, 0) is 0 Å². The van der Waals surface area contributed by atoms with Gasteiger partial charge in [0.1, 0.15) is 22.6 Å². The molecule has 15 rings (SSSR count). The van der Waals surface area contributed by atoms with E-state index < -0.39 is 0 Å². The molecule has 0 fully saturated rings. The molecule has 0 aliphatic heterocycles. The van der Waals surface area contributed by atoms with Gasteiger partial charge in [0, 0.05) is 49.6 Å². The van der Waals surface area contributed by atoms with Gasteiger partial charge < -0.3 is 18.6 Å². The minimum atomic E-state index is -0.351. The van der Waals surface area contributed by atoms with Crippen molar-refractivity contribution in [3.63, 3.8) is 0 Å². The van der Waals surface area contributed by atoms with Crippen molar-refractivity contribution in [2.75, 3.05) is 9.80 Å². The van der Waals surface area contributed by atoms with E-state index in [0.717, 1.165) is 127 Å². The van der Waals surface area contributed by atoms with Gasteiger partial charge >= 0.3 is 0 Å². The summed E-state index contributed by atoms with van der Waals surface area (Å²) in [4.78, 5) is 4.46. The first-order valence-electron chi connectivity index (χ1n) is 24.0. The van der Waals surface area contributed by atoms with Crippen LogP contribution in [0.15, 0.2) is 245 Å². The number of rotatable bonds is 8. The maximum atomic E-state index is 18.1. The van der Waals surface area contributed by atoms with Crippen LogP contribution in [-0.4, -0.2) is 0 Å². The molecule has 4 nitrogen and oxygen atoms in total. The Morgan fingerprint density at radius 3 is 1.65 bits per heavy atom. The average Bonchev–Trinajstić information content (AvgIpc) is 4.01. The van der Waals surface area contributed by atoms with Crippen LogP contribution in [0.4, 0.5) is 38.5 Å². The third-order valence-electron chi connectivity index (χ3n) is 14.6. The second-order valence-electron chi connectivity index (χ2n) is 18.5. The van der Waals surface area contributed by atoms with Crippen LogP contribution >= 0.6 is 0 Å². The van der Waals surface area contributed by atoms with E-state index in [1.807, 2.05) is 66.7 Å². The predicted molar refractivity (Wildman–Crippen MR) is 294 cm³/mol. The third-order valence-corrected chi connectivity index (χ3v) is 14.6. The molecule has 0 amide bonds. The highest BCUT2D eigenvalue weighted by Crippen LogP contribution is 2.52. The van der Waals surface area contributed by atoms with Gasteiger partial charge in [0.05, 0.1) is 28.4 Å². The molecule has 0 atom stereocenters. The summed E-state index contributed by atoms with van der Waals surface area (Å²) in [6.07, 6.45) is 0. The van der Waals surface area contributed by atoms with Crippen molar-refractivity contribution in [2.24, 2.45) is 0 Å². The van der Waals surface area contributed by atoms with Crippen LogP contribution in [0.3, 0.4) is 0 Å². The Kier molecular flexibility index (Phi) is 8.51. The number of benzene rings is 13. The lowest BCUT2D eigenvalue weighted by Gasteiger charge is -2.31. The van der Waals surface area contributed by atoms with E-state index >= 15 is 4.39 Å². The number of nitrogens with zero attached hydrogens (tertiary/aromatic N) is 2. The average molecular weight is 911 g/mol. The summed E-state index contributed by atoms with van der Waals surface area (Å²) in [5, 5.41) is 13.0. The van der Waals surface area contributed by atoms with Crippen molar-refractivity contribution >= 4 is 121 Å². The zero-order valence-electron chi connectivity index (χ0n) is 38.1. The van der Waals surface area contributed by atoms with Crippen molar-refractivity contribution in [1.82, 2.24) is 0 Å². The molecule has 15 aromatic rings. The molecule has 0 saturated heterocycles. The van der Waals surface area contributed by atoms with Gasteiger partial charge in [-0.3, -0.25) is 0 Å². The molecule has 0 saturated carbocycles. The van der Waals surface area contributed by atoms with Gasteiger partial charge in [-0.1, -0.05) is 170 Å². The summed E-state index contributed by atoms with van der Waals surface area (Å²) in [6, 6.07) is 81.7. The number of para-hydroxylation sites is 3. The Balaban J connectivity index is 1.01. The van der Waals surface area contributed by atoms with Gasteiger partial charge in [0.15, 0.2) is 5.58 Å². The van der Waals surface area contributed by atoms with E-state index in [1.54, 1.807) is 6.07 Å². The molecule has 0 aliphatic carbocycles. The van der Waals surface area contributed by atoms with Crippen molar-refractivity contribution < 1.29 is 13.2 Å². The maximum absolute atomic E-state index is 18.1. The van der Waals surface area contributed by atoms with Crippen LogP contribution in [0.5, 0.6) is 0 Å². The van der Waals surface area contributed by atoms with Gasteiger partial charge in [-0.15, -0.1) is 0 Å². The quantitative estimate of drug-likeness (QED) is 0.142. The smallest absolute Gasteiger partial charge is 0.159 e. The van der Waals surface area contributed by atoms with Crippen LogP contribution in [0.2, 0.25) is 0 Å². The number of halogens is 1. The van der Waals surface area contributed by atoms with Gasteiger partial charge in [-0.2, -0.15) is 0 Å². The normalized spacial score (nSPS) is 12.0. The topological polar surface area (TPSA) is 32.8 Å². The molecule has 0 radical (unpaired) electrons. The van der Waals surface area contributed by atoms with E-state index in [-0.39, 0.29) is 5.82 Å². The highest BCUT2D eigenvalue weighted by molar-refractivity contribution is 6.29. The Morgan fingerprint density at radius 1 is 0.310 bits per heavy atom. The molecule has 71 heavy (non-hydrogen) atoms. The lowest BCUT2D eigenvalue weighted by molar-refractivity contribution is 0.629. The van der Waals surface area contributed by atoms with Gasteiger partial charge in [0.25, 0.3) is 0 Å². The second kappa shape index (κ2) is 15.3. The lowest BCUT2D eigenvalue weighted by atomic mass is 9.91. The first-order valence-corrected chi connectivity index (χ1v) is 24.0. The molecular weight excluding hydrogens is 872 g/mol. The number of hydrogen-bond donors (Lipinski definition) is 0. The van der Waals surface area contributed by atoms with Crippen LogP contribution < -0.4 is 9.80 Å². The Bertz CT molecular complexity index is 4540. The van der Waals surface area contributed by atoms with E-state index in [9.17, 15) is 0 Å². The standard InChI is InChI=1S/C66H39FN2O2/c67-54-38-46(40-14-4-1-5-15-40)37-53(41-16-6-2-7-17-41)65(54)69(57-23-13-22-50-49-21-10-11-24-58(49)71-66(50)57)56-35-31-44-28-32-51-55(34-30-43-29-33-52(56)62(44)61(43)51)68(47-19-8-3-9-20-47)48-36-45-27-26-42-18-12-25-59-63(42)64(45)60(39-48)70-59/h1-39H. The predicted octanol–water partition coefficient (Wildman–Crippen LogP) is 19.4. The molecule has 2 heterocycles. The summed E-state index contributed by atoms with van der Waals surface area (Å²) >= 11 is 0. The lowest BCUT2D eigenvalue weighted by Crippen LogP contribution is -2.14. The third kappa shape index (κ3) is 5.96. The second-order valence-corrected chi connectivity index (χ2v) is 18.5. The molecule has 0 bridgehead atoms. The number of anilines is 6. The van der Waals surface area contributed by atoms with Crippen LogP contribution in [0.1, 0.15) is 0 Å². The molecular formula is C66H39FN2O2. The first-order chi connectivity index (χ1) is 35.1. The minimum Gasteiger partial charge on any atom is -0.456 e. The zero-order valence-corrected chi connectivity index (χ0v) is 38.1. The zero-order chi connectivity index (χ0) is 46.7. The highest BCUT2D eigenvalue weighted by Gasteiger charge is 2.29. The first kappa shape index (κ1) is 39.5. The van der Waals surface area contributed by atoms with Crippen LogP contribution in [0.25, 0.3) is 109 Å². The maximum Gasteiger partial charge on any atom is 0.159 e. The van der Waals surface area contributed by atoms with Gasteiger partial charge in [0.2, 0.25) is 0 Å². The number of hydrogen-bond acceptors (Lipinski definition) is 4. The monoisotopic (exact) mass is 910 g/mol. The van der Waals surface area contributed by atoms with E-state index in [4.69, 9.17) is 8.83 Å². The number of furan rings is 2. The SMILES string of the molecule is Fc1cc(-c2ccccc2)cc(-c2ccccc2)c1N(c1ccc2ccc3c(N(c4ccccc4)c4cc5ccc6cccc7oc(c4)c5c67)ccc4ccc1c2c43)c1cccc2c1oc1ccccc12. The summed E-state index contributed by atoms with van der Waals surface area (Å²) in [7, 11) is 0. The summed E-state index contributed by atoms with van der Waals surface area (Å²) in [6.45, 7) is 0. The van der Waals surface area contributed by atoms with Crippen molar-refractivity contribution in [1.29, 1.82) is 0 Å². The highest BCUT2D eigenvalue weighted by atomic mass is 19.1. The molecule has 13 aromatic carbocycles. The van der Waals surface area contributed by atoms with E-state index in [1.165, 1.54) is 5.39 Å². The molecule has 0 N–H and O–H groups in total. The van der Waals surface area contributed by atoms with Crippen molar-refractivity contribution in [3.8, 4) is 22.3 Å². The van der Waals surface area contributed by atoms with Crippen molar-refractivity contribution in [3.05, 3.63) is 242 Å². The molecule has 0 unspecified atom stereocenters. The molecule has 2 aromatic heterocycles. The van der Waals surface area contributed by atoms with E-state index in [2.05, 4.69) is 174 Å². The molecule has 5 heteroatoms. The fraction of sp³-hybridized carbons (Fsp3) is 0. The largest absolute Gasteiger partial charge is 0.456 e. The van der Waals surface area contributed by atoms with Gasteiger partial charge in [-0.25, -0.2) is 4.39 Å². The minimum absolute atomic E-state index is 0.351. The summed E-state index contributed by atoms with van der Waals surface area (Å²) < 4.78 is 31.5. The van der Waals surface area contributed by atoms with Crippen LogP contribution in [0, 0.1) is 5.82 Å². The number of fused-ring (bicyclic) bond motifs is 3. The Hall–Kier alpha value is -9.45. The summed E-state index contributed by atoms with van der Waals surface area (Å²) in [5.74, 6) is -0.351. The molecule has 0 aliphatic rings. The fourth-order valence-electron chi connectivity index (χ4n) is 11.5. The molecule has 332 valence electrons. The Labute approximate surface area is 406 Å². The van der Waals surface area contributed by atoms with Crippen molar-refractivity contribution in [2.45, 2.75) is 0 Å². The molecule has 0 spiro atoms. The summed E-state index contributed by atoms with van der Waals surface area (Å²) in [5.41, 5.74) is 11.6. The Morgan fingerprint density at radius 2 is 0.887 bits per heavy atom.